The zero-order valence-electron chi connectivity index (χ0n) is 10.4. The summed E-state index contributed by atoms with van der Waals surface area (Å²) in [4.78, 5) is 0. The van der Waals surface area contributed by atoms with E-state index in [9.17, 15) is 0 Å². The molecule has 3 heteroatoms. The second kappa shape index (κ2) is 4.92. The van der Waals surface area contributed by atoms with Gasteiger partial charge < -0.3 is 0 Å². The fourth-order valence-electron chi connectivity index (χ4n) is 1.79. The highest BCUT2D eigenvalue weighted by molar-refractivity contribution is 6.29. The van der Waals surface area contributed by atoms with Crippen LogP contribution in [-0.4, -0.2) is 9.78 Å². The van der Waals surface area contributed by atoms with Crippen molar-refractivity contribution >= 4 is 11.6 Å². The number of halogens is 1. The van der Waals surface area contributed by atoms with E-state index in [1.807, 2.05) is 18.2 Å². The van der Waals surface area contributed by atoms with Crippen LogP contribution >= 0.6 is 11.6 Å². The average Bonchev–Trinajstić information content (AvgIpc) is 2.59. The molecule has 2 rings (SSSR count). The van der Waals surface area contributed by atoms with Crippen molar-refractivity contribution in [3.05, 3.63) is 46.7 Å². The minimum absolute atomic E-state index is 0.590. The van der Waals surface area contributed by atoms with E-state index in [-0.39, 0.29) is 0 Å². The minimum Gasteiger partial charge on any atom is -0.222 e. The summed E-state index contributed by atoms with van der Waals surface area (Å²) >= 11 is 6.20. The van der Waals surface area contributed by atoms with Gasteiger partial charge in [0.2, 0.25) is 0 Å². The average molecular weight is 249 g/mol. The maximum Gasteiger partial charge on any atom is 0.133 e. The molecule has 0 unspecified atom stereocenters. The number of hydrogen-bond acceptors (Lipinski definition) is 1. The van der Waals surface area contributed by atoms with Crippen molar-refractivity contribution < 1.29 is 0 Å². The summed E-state index contributed by atoms with van der Waals surface area (Å²) in [7, 11) is 0. The fraction of sp³-hybridized carbons (Fsp3) is 0.357. The normalized spacial score (nSPS) is 11.1. The van der Waals surface area contributed by atoms with Gasteiger partial charge in [-0.05, 0) is 37.5 Å². The summed E-state index contributed by atoms with van der Waals surface area (Å²) in [6, 6.07) is 10.1. The van der Waals surface area contributed by atoms with Gasteiger partial charge in [-0.3, -0.25) is 0 Å². The molecule has 0 aliphatic heterocycles. The molecule has 0 amide bonds. The first-order chi connectivity index (χ1) is 8.06. The Labute approximate surface area is 107 Å². The van der Waals surface area contributed by atoms with Crippen LogP contribution < -0.4 is 0 Å². The van der Waals surface area contributed by atoms with Gasteiger partial charge in [0.1, 0.15) is 5.15 Å². The van der Waals surface area contributed by atoms with Crippen LogP contribution in [0.2, 0.25) is 5.15 Å². The Morgan fingerprint density at radius 1 is 1.24 bits per heavy atom. The van der Waals surface area contributed by atoms with Crippen LogP contribution in [0.5, 0.6) is 0 Å². The Morgan fingerprint density at radius 2 is 1.88 bits per heavy atom. The summed E-state index contributed by atoms with van der Waals surface area (Å²) in [6.07, 6.45) is 0.957. The maximum atomic E-state index is 6.20. The van der Waals surface area contributed by atoms with Crippen molar-refractivity contribution in [2.75, 3.05) is 0 Å². The lowest BCUT2D eigenvalue weighted by atomic mass is 10.1. The van der Waals surface area contributed by atoms with Crippen molar-refractivity contribution in [2.24, 2.45) is 5.92 Å². The van der Waals surface area contributed by atoms with Crippen LogP contribution in [-0.2, 0) is 6.42 Å². The molecule has 2 aromatic rings. The van der Waals surface area contributed by atoms with E-state index in [0.717, 1.165) is 17.8 Å². The van der Waals surface area contributed by atoms with Crippen molar-refractivity contribution in [2.45, 2.75) is 27.2 Å². The van der Waals surface area contributed by atoms with Crippen molar-refractivity contribution in [3.8, 4) is 5.69 Å². The van der Waals surface area contributed by atoms with E-state index in [1.165, 1.54) is 5.56 Å². The van der Waals surface area contributed by atoms with Gasteiger partial charge in [0, 0.05) is 0 Å². The summed E-state index contributed by atoms with van der Waals surface area (Å²) in [5, 5.41) is 5.21. The molecule has 0 bridgehead atoms. The first-order valence-electron chi connectivity index (χ1n) is 5.88. The summed E-state index contributed by atoms with van der Waals surface area (Å²) < 4.78 is 1.79. The van der Waals surface area contributed by atoms with Gasteiger partial charge in [-0.15, -0.1) is 0 Å². The predicted molar refractivity (Wildman–Crippen MR) is 71.9 cm³/mol. The highest BCUT2D eigenvalue weighted by Crippen LogP contribution is 2.19. The lowest BCUT2D eigenvalue weighted by Crippen LogP contribution is -1.99. The second-order valence-electron chi connectivity index (χ2n) is 4.80. The first-order valence-corrected chi connectivity index (χ1v) is 6.25. The molecule has 1 aromatic heterocycles. The lowest BCUT2D eigenvalue weighted by molar-refractivity contribution is 0.628. The molecule has 0 N–H and O–H groups in total. The third kappa shape index (κ3) is 2.89. The van der Waals surface area contributed by atoms with Gasteiger partial charge in [-0.2, -0.15) is 5.10 Å². The number of hydrogen-bond donors (Lipinski definition) is 0. The van der Waals surface area contributed by atoms with E-state index in [4.69, 9.17) is 11.6 Å². The van der Waals surface area contributed by atoms with E-state index >= 15 is 0 Å². The van der Waals surface area contributed by atoms with E-state index in [1.54, 1.807) is 4.68 Å². The van der Waals surface area contributed by atoms with E-state index < -0.39 is 0 Å². The monoisotopic (exact) mass is 248 g/mol. The summed E-state index contributed by atoms with van der Waals surface area (Å²) in [6.45, 7) is 6.43. The topological polar surface area (TPSA) is 17.8 Å². The molecule has 0 spiro atoms. The third-order valence-corrected chi connectivity index (χ3v) is 2.88. The van der Waals surface area contributed by atoms with E-state index in [0.29, 0.717) is 11.1 Å². The smallest absolute Gasteiger partial charge is 0.133 e. The maximum absolute atomic E-state index is 6.20. The zero-order valence-corrected chi connectivity index (χ0v) is 11.2. The number of benzene rings is 1. The zero-order chi connectivity index (χ0) is 12.4. The number of rotatable bonds is 3. The second-order valence-corrected chi connectivity index (χ2v) is 5.19. The van der Waals surface area contributed by atoms with Gasteiger partial charge >= 0.3 is 0 Å². The molecule has 17 heavy (non-hydrogen) atoms. The lowest BCUT2D eigenvalue weighted by Gasteiger charge is -2.03. The molecular weight excluding hydrogens is 232 g/mol. The molecule has 0 aliphatic rings. The Bertz CT molecular complexity index is 497. The summed E-state index contributed by atoms with van der Waals surface area (Å²) in [5.74, 6) is 0.590. The molecular formula is C14H17ClN2. The van der Waals surface area contributed by atoms with Gasteiger partial charge in [0.05, 0.1) is 11.4 Å². The van der Waals surface area contributed by atoms with Crippen LogP contribution in [0.25, 0.3) is 5.69 Å². The molecule has 0 saturated heterocycles. The summed E-state index contributed by atoms with van der Waals surface area (Å²) in [5.41, 5.74) is 3.29. The van der Waals surface area contributed by atoms with Gasteiger partial charge in [0.25, 0.3) is 0 Å². The van der Waals surface area contributed by atoms with E-state index in [2.05, 4.69) is 38.0 Å². The molecule has 90 valence electrons. The van der Waals surface area contributed by atoms with Crippen LogP contribution in [0.15, 0.2) is 30.3 Å². The number of aryl methyl sites for hydroxylation is 1. The molecule has 2 nitrogen and oxygen atoms in total. The van der Waals surface area contributed by atoms with Crippen LogP contribution in [0, 0.1) is 12.8 Å². The van der Waals surface area contributed by atoms with Crippen LogP contribution in [0.1, 0.15) is 25.1 Å². The van der Waals surface area contributed by atoms with Crippen molar-refractivity contribution in [3.63, 3.8) is 0 Å². The molecule has 0 atom stereocenters. The molecule has 0 radical (unpaired) electrons. The minimum atomic E-state index is 0.590. The Hall–Kier alpha value is -1.28. The van der Waals surface area contributed by atoms with Gasteiger partial charge in [0.15, 0.2) is 0 Å². The Kier molecular flexibility index (Phi) is 3.53. The molecule has 1 aromatic carbocycles. The predicted octanol–water partition coefficient (Wildman–Crippen LogP) is 4.03. The van der Waals surface area contributed by atoms with Gasteiger partial charge in [-0.25, -0.2) is 4.68 Å². The standard InChI is InChI=1S/C14H17ClN2/c1-10(2)8-12-9-14(15)17(16-12)13-6-4-11(3)5-7-13/h4-7,9-10H,8H2,1-3H3. The van der Waals surface area contributed by atoms with Crippen LogP contribution in [0.4, 0.5) is 0 Å². The van der Waals surface area contributed by atoms with Crippen molar-refractivity contribution in [1.29, 1.82) is 0 Å². The number of nitrogens with zero attached hydrogens (tertiary/aromatic N) is 2. The first kappa shape index (κ1) is 12.2. The third-order valence-electron chi connectivity index (χ3n) is 2.61. The molecule has 0 fully saturated rings. The quantitative estimate of drug-likeness (QED) is 0.802. The van der Waals surface area contributed by atoms with Crippen molar-refractivity contribution in [1.82, 2.24) is 9.78 Å². The number of aromatic nitrogens is 2. The Morgan fingerprint density at radius 3 is 2.47 bits per heavy atom. The SMILES string of the molecule is Cc1ccc(-n2nc(CC(C)C)cc2Cl)cc1. The Balaban J connectivity index is 2.32. The highest BCUT2D eigenvalue weighted by atomic mass is 35.5. The molecule has 0 aliphatic carbocycles. The largest absolute Gasteiger partial charge is 0.222 e. The van der Waals surface area contributed by atoms with Gasteiger partial charge in [-0.1, -0.05) is 43.1 Å². The molecule has 1 heterocycles. The highest BCUT2D eigenvalue weighted by Gasteiger charge is 2.08. The molecule has 0 saturated carbocycles. The van der Waals surface area contributed by atoms with Crippen LogP contribution in [0.3, 0.4) is 0 Å². The fourth-order valence-corrected chi connectivity index (χ4v) is 2.05.